The molecule has 26 heavy (non-hydrogen) atoms. The lowest BCUT2D eigenvalue weighted by atomic mass is 10.1. The highest BCUT2D eigenvalue weighted by Crippen LogP contribution is 2.20. The molecule has 0 saturated carbocycles. The lowest BCUT2D eigenvalue weighted by Crippen LogP contribution is -2.20. The molecule has 1 aromatic heterocycles. The standard InChI is InChI=1S/C19H18N4O3/c1-2-22-13-15(16-8-4-6-10-18(16)22)12-20-21-19(24)11-14-7-3-5-9-17(14)23(25)26/h3-10,12-13H,2,11H2,1H3,(H,21,24). The van der Waals surface area contributed by atoms with Crippen LogP contribution in [-0.4, -0.2) is 21.6 Å². The second-order valence-corrected chi connectivity index (χ2v) is 5.74. The predicted octanol–water partition coefficient (Wildman–Crippen LogP) is 3.26. The van der Waals surface area contributed by atoms with Gasteiger partial charge in [0.05, 0.1) is 17.6 Å². The summed E-state index contributed by atoms with van der Waals surface area (Å²) in [5.41, 5.74) is 4.72. The van der Waals surface area contributed by atoms with Crippen molar-refractivity contribution in [1.29, 1.82) is 0 Å². The molecule has 0 saturated heterocycles. The number of nitro groups is 1. The van der Waals surface area contributed by atoms with E-state index in [2.05, 4.69) is 22.0 Å². The fourth-order valence-electron chi connectivity index (χ4n) is 2.86. The minimum atomic E-state index is -0.495. The molecular formula is C19H18N4O3. The Kier molecular flexibility index (Phi) is 5.07. The van der Waals surface area contributed by atoms with E-state index in [4.69, 9.17) is 0 Å². The number of para-hydroxylation sites is 2. The SMILES string of the molecule is CCn1cc(C=NNC(=O)Cc2ccccc2[N+](=O)[O-])c2ccccc21. The zero-order valence-corrected chi connectivity index (χ0v) is 14.3. The van der Waals surface area contributed by atoms with Crippen LogP contribution in [0.25, 0.3) is 10.9 Å². The van der Waals surface area contributed by atoms with Crippen LogP contribution in [0, 0.1) is 10.1 Å². The normalized spacial score (nSPS) is 11.1. The maximum atomic E-state index is 12.0. The first kappa shape index (κ1) is 17.3. The Morgan fingerprint density at radius 3 is 2.73 bits per heavy atom. The summed E-state index contributed by atoms with van der Waals surface area (Å²) in [5.74, 6) is -0.408. The molecule has 1 N–H and O–H groups in total. The van der Waals surface area contributed by atoms with E-state index in [1.54, 1.807) is 24.4 Å². The Morgan fingerprint density at radius 1 is 1.23 bits per heavy atom. The molecule has 7 heteroatoms. The Balaban J connectivity index is 1.72. The number of nitrogens with one attached hydrogen (secondary N) is 1. The van der Waals surface area contributed by atoms with Gasteiger partial charge in [-0.3, -0.25) is 14.9 Å². The van der Waals surface area contributed by atoms with Crippen LogP contribution in [0.15, 0.2) is 59.8 Å². The van der Waals surface area contributed by atoms with E-state index in [0.717, 1.165) is 23.0 Å². The van der Waals surface area contributed by atoms with Crippen LogP contribution in [-0.2, 0) is 17.8 Å². The van der Waals surface area contributed by atoms with Crippen LogP contribution in [0.2, 0.25) is 0 Å². The van der Waals surface area contributed by atoms with Crippen molar-refractivity contribution < 1.29 is 9.72 Å². The van der Waals surface area contributed by atoms with E-state index in [-0.39, 0.29) is 12.1 Å². The number of fused-ring (bicyclic) bond motifs is 1. The van der Waals surface area contributed by atoms with Crippen molar-refractivity contribution in [2.45, 2.75) is 19.9 Å². The smallest absolute Gasteiger partial charge is 0.273 e. The number of hydrazone groups is 1. The average Bonchev–Trinajstić information content (AvgIpc) is 3.00. The van der Waals surface area contributed by atoms with Crippen LogP contribution in [0.4, 0.5) is 5.69 Å². The summed E-state index contributed by atoms with van der Waals surface area (Å²) in [6.45, 7) is 2.89. The number of benzene rings is 2. The third-order valence-corrected chi connectivity index (χ3v) is 4.09. The molecule has 0 radical (unpaired) electrons. The molecule has 0 aliphatic heterocycles. The first-order valence-corrected chi connectivity index (χ1v) is 8.22. The maximum Gasteiger partial charge on any atom is 0.273 e. The second kappa shape index (κ2) is 7.60. The fraction of sp³-hybridized carbons (Fsp3) is 0.158. The lowest BCUT2D eigenvalue weighted by molar-refractivity contribution is -0.385. The third kappa shape index (κ3) is 3.61. The summed E-state index contributed by atoms with van der Waals surface area (Å²) in [5, 5.41) is 16.0. The Hall–Kier alpha value is -3.48. The van der Waals surface area contributed by atoms with Gasteiger partial charge in [0, 0.05) is 40.8 Å². The van der Waals surface area contributed by atoms with Crippen molar-refractivity contribution in [2.75, 3.05) is 0 Å². The number of nitrogens with zero attached hydrogens (tertiary/aromatic N) is 3. The molecule has 1 heterocycles. The van der Waals surface area contributed by atoms with Crippen LogP contribution < -0.4 is 5.43 Å². The van der Waals surface area contributed by atoms with Gasteiger partial charge in [0.2, 0.25) is 5.91 Å². The van der Waals surface area contributed by atoms with Gasteiger partial charge < -0.3 is 4.57 Å². The summed E-state index contributed by atoms with van der Waals surface area (Å²) in [7, 11) is 0. The van der Waals surface area contributed by atoms with Gasteiger partial charge in [0.15, 0.2) is 0 Å². The molecule has 0 aliphatic rings. The number of hydrogen-bond acceptors (Lipinski definition) is 4. The van der Waals surface area contributed by atoms with Gasteiger partial charge in [-0.25, -0.2) is 5.43 Å². The van der Waals surface area contributed by atoms with E-state index in [1.165, 1.54) is 6.07 Å². The van der Waals surface area contributed by atoms with Gasteiger partial charge in [0.1, 0.15) is 0 Å². The van der Waals surface area contributed by atoms with Gasteiger partial charge in [-0.15, -0.1) is 0 Å². The third-order valence-electron chi connectivity index (χ3n) is 4.09. The second-order valence-electron chi connectivity index (χ2n) is 5.74. The molecular weight excluding hydrogens is 332 g/mol. The van der Waals surface area contributed by atoms with Crippen molar-refractivity contribution in [3.05, 3.63) is 76.0 Å². The minimum absolute atomic E-state index is 0.0716. The number of aryl methyl sites for hydroxylation is 1. The molecule has 3 rings (SSSR count). The van der Waals surface area contributed by atoms with Crippen LogP contribution in [0.1, 0.15) is 18.1 Å². The van der Waals surface area contributed by atoms with E-state index in [1.807, 2.05) is 30.5 Å². The number of carbonyl (C=O) groups excluding carboxylic acids is 1. The fourth-order valence-corrected chi connectivity index (χ4v) is 2.86. The Morgan fingerprint density at radius 2 is 1.96 bits per heavy atom. The van der Waals surface area contributed by atoms with E-state index < -0.39 is 10.8 Å². The highest BCUT2D eigenvalue weighted by molar-refractivity contribution is 5.99. The molecule has 0 atom stereocenters. The van der Waals surface area contributed by atoms with Crippen molar-refractivity contribution in [3.8, 4) is 0 Å². The van der Waals surface area contributed by atoms with Crippen LogP contribution in [0.5, 0.6) is 0 Å². The van der Waals surface area contributed by atoms with Gasteiger partial charge in [0.25, 0.3) is 5.69 Å². The molecule has 0 fully saturated rings. The molecule has 3 aromatic rings. The number of aromatic nitrogens is 1. The molecule has 0 unspecified atom stereocenters. The van der Waals surface area contributed by atoms with Gasteiger partial charge in [-0.1, -0.05) is 36.4 Å². The number of carbonyl (C=O) groups is 1. The average molecular weight is 350 g/mol. The molecule has 7 nitrogen and oxygen atoms in total. The summed E-state index contributed by atoms with van der Waals surface area (Å²) in [6, 6.07) is 14.1. The number of amides is 1. The summed E-state index contributed by atoms with van der Waals surface area (Å²) >= 11 is 0. The first-order valence-electron chi connectivity index (χ1n) is 8.22. The molecule has 1 amide bonds. The molecule has 2 aromatic carbocycles. The number of rotatable bonds is 6. The van der Waals surface area contributed by atoms with Gasteiger partial charge in [-0.2, -0.15) is 5.10 Å². The molecule has 0 spiro atoms. The monoisotopic (exact) mass is 350 g/mol. The minimum Gasteiger partial charge on any atom is -0.347 e. The summed E-state index contributed by atoms with van der Waals surface area (Å²) in [4.78, 5) is 22.6. The zero-order valence-electron chi connectivity index (χ0n) is 14.3. The molecule has 0 bridgehead atoms. The van der Waals surface area contributed by atoms with Crippen molar-refractivity contribution in [3.63, 3.8) is 0 Å². The predicted molar refractivity (Wildman–Crippen MR) is 100 cm³/mol. The quantitative estimate of drug-likeness (QED) is 0.420. The summed E-state index contributed by atoms with van der Waals surface area (Å²) < 4.78 is 2.10. The van der Waals surface area contributed by atoms with Crippen molar-refractivity contribution in [2.24, 2.45) is 5.10 Å². The molecule has 132 valence electrons. The highest BCUT2D eigenvalue weighted by Gasteiger charge is 2.15. The van der Waals surface area contributed by atoms with Crippen LogP contribution >= 0.6 is 0 Å². The Bertz CT molecular complexity index is 991. The Labute approximate surface area is 150 Å². The first-order chi connectivity index (χ1) is 12.6. The topological polar surface area (TPSA) is 89.5 Å². The number of nitro benzene ring substituents is 1. The summed E-state index contributed by atoms with van der Waals surface area (Å²) in [6.07, 6.45) is 3.46. The lowest BCUT2D eigenvalue weighted by Gasteiger charge is -2.01. The van der Waals surface area contributed by atoms with Crippen LogP contribution in [0.3, 0.4) is 0 Å². The van der Waals surface area contributed by atoms with E-state index in [9.17, 15) is 14.9 Å². The van der Waals surface area contributed by atoms with Gasteiger partial charge in [-0.05, 0) is 13.0 Å². The van der Waals surface area contributed by atoms with E-state index >= 15 is 0 Å². The largest absolute Gasteiger partial charge is 0.347 e. The highest BCUT2D eigenvalue weighted by atomic mass is 16.6. The van der Waals surface area contributed by atoms with Crippen molar-refractivity contribution >= 4 is 28.7 Å². The number of hydrogen-bond donors (Lipinski definition) is 1. The van der Waals surface area contributed by atoms with Gasteiger partial charge >= 0.3 is 0 Å². The van der Waals surface area contributed by atoms with Crippen molar-refractivity contribution in [1.82, 2.24) is 9.99 Å². The maximum absolute atomic E-state index is 12.0. The van der Waals surface area contributed by atoms with E-state index in [0.29, 0.717) is 5.56 Å². The molecule has 0 aliphatic carbocycles. The zero-order chi connectivity index (χ0) is 18.5.